The third-order valence-electron chi connectivity index (χ3n) is 4.14. The molecule has 3 heteroatoms. The minimum atomic E-state index is 0.329. The maximum Gasteiger partial charge on any atom is 0.0710 e. The van der Waals surface area contributed by atoms with Crippen molar-refractivity contribution in [2.45, 2.75) is 51.3 Å². The molecule has 0 radical (unpaired) electrons. The van der Waals surface area contributed by atoms with Crippen LogP contribution in [0.1, 0.15) is 33.6 Å². The van der Waals surface area contributed by atoms with Gasteiger partial charge < -0.3 is 4.74 Å². The van der Waals surface area contributed by atoms with Gasteiger partial charge in [0.05, 0.1) is 6.10 Å². The summed E-state index contributed by atoms with van der Waals surface area (Å²) in [5, 5.41) is 0. The molecule has 0 aromatic heterocycles. The Bertz CT molecular complexity index is 237. The van der Waals surface area contributed by atoms with Crippen molar-refractivity contribution in [3.63, 3.8) is 0 Å². The maximum atomic E-state index is 5.44. The van der Waals surface area contributed by atoms with Crippen LogP contribution in [0.5, 0.6) is 0 Å². The van der Waals surface area contributed by atoms with Crippen LogP contribution in [0.2, 0.25) is 0 Å². The Balaban J connectivity index is 1.85. The van der Waals surface area contributed by atoms with Gasteiger partial charge in [0.15, 0.2) is 0 Å². The second kappa shape index (κ2) is 4.63. The Morgan fingerprint density at radius 2 is 1.81 bits per heavy atom. The van der Waals surface area contributed by atoms with E-state index in [1.807, 2.05) is 7.11 Å². The Labute approximate surface area is 99.7 Å². The van der Waals surface area contributed by atoms with E-state index >= 15 is 0 Å². The normalized spacial score (nSPS) is 33.8. The largest absolute Gasteiger partial charge is 0.380 e. The van der Waals surface area contributed by atoms with E-state index in [2.05, 4.69) is 30.6 Å². The Kier molecular flexibility index (Phi) is 3.57. The van der Waals surface area contributed by atoms with Gasteiger partial charge >= 0.3 is 0 Å². The molecule has 0 spiro atoms. The van der Waals surface area contributed by atoms with E-state index in [4.69, 9.17) is 4.74 Å². The minimum Gasteiger partial charge on any atom is -0.380 e. The van der Waals surface area contributed by atoms with Crippen molar-refractivity contribution >= 4 is 0 Å². The van der Waals surface area contributed by atoms with Gasteiger partial charge in [-0.1, -0.05) is 0 Å². The average molecular weight is 226 g/mol. The number of rotatable bonds is 2. The highest BCUT2D eigenvalue weighted by Gasteiger charge is 2.35. The van der Waals surface area contributed by atoms with Crippen molar-refractivity contribution in [1.82, 2.24) is 9.80 Å². The van der Waals surface area contributed by atoms with E-state index in [9.17, 15) is 0 Å². The summed E-state index contributed by atoms with van der Waals surface area (Å²) < 4.78 is 5.44. The van der Waals surface area contributed by atoms with Gasteiger partial charge in [-0.3, -0.25) is 9.80 Å². The second-order valence-corrected chi connectivity index (χ2v) is 6.20. The lowest BCUT2D eigenvalue weighted by Gasteiger charge is -2.32. The topological polar surface area (TPSA) is 15.7 Å². The zero-order chi connectivity index (χ0) is 11.8. The molecule has 0 amide bonds. The summed E-state index contributed by atoms with van der Waals surface area (Å²) in [6.07, 6.45) is 3.01. The Hall–Kier alpha value is -0.120. The molecule has 2 rings (SSSR count). The molecular formula is C13H26N2O. The van der Waals surface area contributed by atoms with Gasteiger partial charge in [-0.15, -0.1) is 0 Å². The molecule has 0 unspecified atom stereocenters. The summed E-state index contributed by atoms with van der Waals surface area (Å²) in [6, 6.07) is 0.763. The lowest BCUT2D eigenvalue weighted by molar-refractivity contribution is 0.0982. The van der Waals surface area contributed by atoms with Crippen LogP contribution >= 0.6 is 0 Å². The van der Waals surface area contributed by atoms with Crippen LogP contribution in [-0.4, -0.2) is 60.8 Å². The number of hydrogen-bond acceptors (Lipinski definition) is 3. The Morgan fingerprint density at radius 3 is 2.31 bits per heavy atom. The highest BCUT2D eigenvalue weighted by molar-refractivity contribution is 4.92. The summed E-state index contributed by atoms with van der Waals surface area (Å²) in [6.45, 7) is 11.8. The molecule has 0 N–H and O–H groups in total. The first-order valence-corrected chi connectivity index (χ1v) is 6.52. The van der Waals surface area contributed by atoms with E-state index in [1.54, 1.807) is 0 Å². The fraction of sp³-hybridized carbons (Fsp3) is 1.00. The first kappa shape index (κ1) is 12.3. The third-order valence-corrected chi connectivity index (χ3v) is 4.14. The van der Waals surface area contributed by atoms with Crippen molar-refractivity contribution in [3.05, 3.63) is 0 Å². The minimum absolute atomic E-state index is 0.329. The van der Waals surface area contributed by atoms with E-state index in [1.165, 1.54) is 32.5 Å². The zero-order valence-corrected chi connectivity index (χ0v) is 11.2. The summed E-state index contributed by atoms with van der Waals surface area (Å²) >= 11 is 0. The lowest BCUT2D eigenvalue weighted by atomic mass is 10.1. The number of likely N-dealkylation sites (tertiary alicyclic amines) is 2. The van der Waals surface area contributed by atoms with Crippen LogP contribution in [0, 0.1) is 0 Å². The number of nitrogens with zero attached hydrogens (tertiary/aromatic N) is 2. The van der Waals surface area contributed by atoms with Crippen LogP contribution < -0.4 is 0 Å². The smallest absolute Gasteiger partial charge is 0.0710 e. The summed E-state index contributed by atoms with van der Waals surface area (Å²) in [7, 11) is 1.84. The molecule has 94 valence electrons. The molecule has 0 aliphatic carbocycles. The quantitative estimate of drug-likeness (QED) is 0.711. The summed E-state index contributed by atoms with van der Waals surface area (Å²) in [4.78, 5) is 5.23. The molecule has 0 bridgehead atoms. The number of hydrogen-bond donors (Lipinski definition) is 0. The monoisotopic (exact) mass is 226 g/mol. The number of ether oxygens (including phenoxy) is 1. The second-order valence-electron chi connectivity index (χ2n) is 6.20. The molecule has 2 heterocycles. The molecule has 2 saturated heterocycles. The first-order valence-electron chi connectivity index (χ1n) is 6.52. The Morgan fingerprint density at radius 1 is 1.06 bits per heavy atom. The molecular weight excluding hydrogens is 200 g/mol. The molecule has 2 aliphatic heterocycles. The van der Waals surface area contributed by atoms with E-state index in [0.717, 1.165) is 12.6 Å². The summed E-state index contributed by atoms with van der Waals surface area (Å²) in [5.41, 5.74) is 0.329. The lowest BCUT2D eigenvalue weighted by Crippen LogP contribution is -2.43. The fourth-order valence-electron chi connectivity index (χ4n) is 2.93. The third kappa shape index (κ3) is 2.58. The van der Waals surface area contributed by atoms with Crippen molar-refractivity contribution in [2.24, 2.45) is 0 Å². The van der Waals surface area contributed by atoms with Crippen molar-refractivity contribution in [3.8, 4) is 0 Å². The van der Waals surface area contributed by atoms with Crippen LogP contribution in [0.4, 0.5) is 0 Å². The van der Waals surface area contributed by atoms with Gasteiger partial charge in [-0.25, -0.2) is 0 Å². The molecule has 2 aliphatic rings. The summed E-state index contributed by atoms with van der Waals surface area (Å²) in [5.74, 6) is 0. The van der Waals surface area contributed by atoms with Crippen LogP contribution in [-0.2, 0) is 4.74 Å². The van der Waals surface area contributed by atoms with E-state index in [-0.39, 0.29) is 0 Å². The zero-order valence-electron chi connectivity index (χ0n) is 11.2. The van der Waals surface area contributed by atoms with Crippen LogP contribution in [0.15, 0.2) is 0 Å². The van der Waals surface area contributed by atoms with Gasteiger partial charge in [0.25, 0.3) is 0 Å². The van der Waals surface area contributed by atoms with Gasteiger partial charge in [0.2, 0.25) is 0 Å². The predicted octanol–water partition coefficient (Wildman–Crippen LogP) is 1.58. The molecule has 0 aromatic rings. The van der Waals surface area contributed by atoms with Gasteiger partial charge in [0, 0.05) is 44.9 Å². The molecule has 16 heavy (non-hydrogen) atoms. The molecule has 2 fully saturated rings. The molecule has 2 atom stereocenters. The van der Waals surface area contributed by atoms with Crippen molar-refractivity contribution < 1.29 is 4.74 Å². The molecule has 0 saturated carbocycles. The highest BCUT2D eigenvalue weighted by Crippen LogP contribution is 2.26. The van der Waals surface area contributed by atoms with E-state index in [0.29, 0.717) is 11.6 Å². The molecule has 3 nitrogen and oxygen atoms in total. The highest BCUT2D eigenvalue weighted by atomic mass is 16.5. The maximum absolute atomic E-state index is 5.44. The van der Waals surface area contributed by atoms with E-state index < -0.39 is 0 Å². The van der Waals surface area contributed by atoms with Gasteiger partial charge in [-0.05, 0) is 33.6 Å². The SMILES string of the molecule is CO[C@@H]1CCN([C@H]2CCN(C(C)(C)C)C2)C1. The first-order chi connectivity index (χ1) is 7.50. The van der Waals surface area contributed by atoms with Crippen molar-refractivity contribution in [2.75, 3.05) is 33.3 Å². The predicted molar refractivity (Wildman–Crippen MR) is 66.7 cm³/mol. The van der Waals surface area contributed by atoms with Gasteiger partial charge in [0.1, 0.15) is 0 Å². The van der Waals surface area contributed by atoms with Crippen LogP contribution in [0.3, 0.4) is 0 Å². The fourth-order valence-corrected chi connectivity index (χ4v) is 2.93. The van der Waals surface area contributed by atoms with Gasteiger partial charge in [-0.2, -0.15) is 0 Å². The average Bonchev–Trinajstić information content (AvgIpc) is 2.85. The van der Waals surface area contributed by atoms with Crippen molar-refractivity contribution in [1.29, 1.82) is 0 Å². The van der Waals surface area contributed by atoms with Crippen LogP contribution in [0.25, 0.3) is 0 Å². The standard InChI is InChI=1S/C13H26N2O/c1-13(2,3)15-8-5-11(9-15)14-7-6-12(10-14)16-4/h11-12H,5-10H2,1-4H3/t11-,12+/m0/s1. The molecule has 0 aromatic carbocycles. The number of methoxy groups -OCH3 is 1.